The van der Waals surface area contributed by atoms with E-state index in [1.165, 1.54) is 5.56 Å². The number of aromatic amines is 1. The fraction of sp³-hybridized carbons (Fsp3) is 0.353. The Bertz CT molecular complexity index is 792. The maximum Gasteiger partial charge on any atom is 0.279 e. The molecule has 1 heterocycles. The molecule has 0 saturated heterocycles. The van der Waals surface area contributed by atoms with Crippen LogP contribution in [0, 0.1) is 13.8 Å². The van der Waals surface area contributed by atoms with Crippen LogP contribution >= 0.6 is 11.6 Å². The van der Waals surface area contributed by atoms with Gasteiger partial charge in [-0.25, -0.2) is 4.98 Å². The second-order valence-electron chi connectivity index (χ2n) is 6.02. The van der Waals surface area contributed by atoms with E-state index in [1.54, 1.807) is 13.8 Å². The number of aryl methyl sites for hydroxylation is 2. The highest BCUT2D eigenvalue weighted by Crippen LogP contribution is 2.37. The predicted molar refractivity (Wildman–Crippen MR) is 89.0 cm³/mol. The Balaban J connectivity index is 1.62. The standard InChI is InChI=1S/C17H18ClN3O2/c1-9-10(2)20-16(22)15(19-9)17(23)21-14-7-12(8-14)11-3-5-13(18)6-4-11/h3-6,12,14H,7-8H2,1-2H3,(H,20,22)(H,21,23). The maximum atomic E-state index is 12.2. The normalized spacial score (nSPS) is 20.0. The van der Waals surface area contributed by atoms with E-state index in [4.69, 9.17) is 11.6 Å². The molecule has 0 aliphatic heterocycles. The molecule has 1 saturated carbocycles. The van der Waals surface area contributed by atoms with Crippen molar-refractivity contribution in [2.75, 3.05) is 0 Å². The Hall–Kier alpha value is -2.14. The molecule has 2 N–H and O–H groups in total. The van der Waals surface area contributed by atoms with Crippen LogP contribution in [0.4, 0.5) is 0 Å². The molecule has 23 heavy (non-hydrogen) atoms. The number of nitrogens with one attached hydrogen (secondary N) is 2. The van der Waals surface area contributed by atoms with Crippen LogP contribution in [0.1, 0.15) is 46.2 Å². The highest BCUT2D eigenvalue weighted by molar-refractivity contribution is 6.30. The Morgan fingerprint density at radius 1 is 1.26 bits per heavy atom. The van der Waals surface area contributed by atoms with E-state index in [0.29, 0.717) is 17.3 Å². The highest BCUT2D eigenvalue weighted by atomic mass is 35.5. The molecule has 0 bridgehead atoms. The van der Waals surface area contributed by atoms with Crippen molar-refractivity contribution in [3.8, 4) is 0 Å². The van der Waals surface area contributed by atoms with Crippen LogP contribution in [-0.2, 0) is 0 Å². The van der Waals surface area contributed by atoms with Crippen molar-refractivity contribution in [1.29, 1.82) is 0 Å². The lowest BCUT2D eigenvalue weighted by Gasteiger charge is -2.36. The molecular formula is C17H18ClN3O2. The average Bonchev–Trinajstić information content (AvgIpc) is 2.47. The summed E-state index contributed by atoms with van der Waals surface area (Å²) in [7, 11) is 0. The molecule has 2 aromatic rings. The first-order valence-corrected chi connectivity index (χ1v) is 7.95. The highest BCUT2D eigenvalue weighted by Gasteiger charge is 2.32. The minimum absolute atomic E-state index is 0.0666. The van der Waals surface area contributed by atoms with Crippen LogP contribution in [0.5, 0.6) is 0 Å². The first-order chi connectivity index (χ1) is 10.9. The number of rotatable bonds is 3. The molecule has 1 fully saturated rings. The molecule has 0 atom stereocenters. The molecule has 5 nitrogen and oxygen atoms in total. The Morgan fingerprint density at radius 2 is 1.91 bits per heavy atom. The summed E-state index contributed by atoms with van der Waals surface area (Å²) in [6.07, 6.45) is 1.71. The third-order valence-corrected chi connectivity index (χ3v) is 4.62. The fourth-order valence-corrected chi connectivity index (χ4v) is 2.90. The molecule has 0 spiro atoms. The molecule has 1 aliphatic rings. The molecule has 1 aromatic heterocycles. The Morgan fingerprint density at radius 3 is 2.57 bits per heavy atom. The van der Waals surface area contributed by atoms with E-state index in [1.807, 2.05) is 24.3 Å². The summed E-state index contributed by atoms with van der Waals surface area (Å²) < 4.78 is 0. The van der Waals surface area contributed by atoms with Crippen molar-refractivity contribution in [2.24, 2.45) is 0 Å². The van der Waals surface area contributed by atoms with E-state index in [2.05, 4.69) is 15.3 Å². The zero-order valence-electron chi connectivity index (χ0n) is 13.0. The maximum absolute atomic E-state index is 12.2. The van der Waals surface area contributed by atoms with Crippen LogP contribution in [-0.4, -0.2) is 21.9 Å². The first-order valence-electron chi connectivity index (χ1n) is 7.58. The summed E-state index contributed by atoms with van der Waals surface area (Å²) in [5, 5.41) is 3.60. The quantitative estimate of drug-likeness (QED) is 0.908. The minimum Gasteiger partial charge on any atom is -0.348 e. The van der Waals surface area contributed by atoms with Gasteiger partial charge in [0.2, 0.25) is 0 Å². The third kappa shape index (κ3) is 3.29. The molecule has 0 radical (unpaired) electrons. The van der Waals surface area contributed by atoms with Crippen molar-refractivity contribution in [3.05, 3.63) is 62.3 Å². The number of hydrogen-bond acceptors (Lipinski definition) is 3. The SMILES string of the molecule is Cc1nc(C(=O)NC2CC(c3ccc(Cl)cc3)C2)c(=O)[nH]c1C. The Labute approximate surface area is 139 Å². The number of H-pyrrole nitrogens is 1. The van der Waals surface area contributed by atoms with Crippen molar-refractivity contribution >= 4 is 17.5 Å². The molecule has 3 rings (SSSR count). The third-order valence-electron chi connectivity index (χ3n) is 4.37. The average molecular weight is 332 g/mol. The van der Waals surface area contributed by atoms with Gasteiger partial charge < -0.3 is 10.3 Å². The molecule has 6 heteroatoms. The zero-order valence-corrected chi connectivity index (χ0v) is 13.8. The van der Waals surface area contributed by atoms with Gasteiger partial charge in [-0.2, -0.15) is 0 Å². The van der Waals surface area contributed by atoms with E-state index >= 15 is 0 Å². The van der Waals surface area contributed by atoms with Gasteiger partial charge in [0, 0.05) is 16.8 Å². The lowest BCUT2D eigenvalue weighted by Crippen LogP contribution is -2.45. The summed E-state index contributed by atoms with van der Waals surface area (Å²) in [5.74, 6) is 0.0115. The molecule has 1 amide bonds. The van der Waals surface area contributed by atoms with E-state index in [9.17, 15) is 9.59 Å². The number of amides is 1. The largest absolute Gasteiger partial charge is 0.348 e. The molecular weight excluding hydrogens is 314 g/mol. The van der Waals surface area contributed by atoms with Gasteiger partial charge in [0.1, 0.15) is 0 Å². The molecule has 0 unspecified atom stereocenters. The fourth-order valence-electron chi connectivity index (χ4n) is 2.77. The Kier molecular flexibility index (Phi) is 4.22. The lowest BCUT2D eigenvalue weighted by atomic mass is 9.76. The van der Waals surface area contributed by atoms with E-state index in [0.717, 1.165) is 17.9 Å². The summed E-state index contributed by atoms with van der Waals surface area (Å²) in [6.45, 7) is 3.52. The van der Waals surface area contributed by atoms with Crippen LogP contribution in [0.2, 0.25) is 5.02 Å². The number of aromatic nitrogens is 2. The second-order valence-corrected chi connectivity index (χ2v) is 6.45. The van der Waals surface area contributed by atoms with Gasteiger partial charge >= 0.3 is 0 Å². The van der Waals surface area contributed by atoms with Gasteiger partial charge in [-0.3, -0.25) is 9.59 Å². The van der Waals surface area contributed by atoms with Gasteiger partial charge in [-0.1, -0.05) is 23.7 Å². The van der Waals surface area contributed by atoms with Gasteiger partial charge in [-0.15, -0.1) is 0 Å². The van der Waals surface area contributed by atoms with Crippen LogP contribution in [0.25, 0.3) is 0 Å². The summed E-state index contributed by atoms with van der Waals surface area (Å²) in [6, 6.07) is 7.86. The number of hydrogen-bond donors (Lipinski definition) is 2. The summed E-state index contributed by atoms with van der Waals surface area (Å²) in [4.78, 5) is 30.8. The zero-order chi connectivity index (χ0) is 16.6. The predicted octanol–water partition coefficient (Wildman–Crippen LogP) is 2.72. The van der Waals surface area contributed by atoms with Crippen molar-refractivity contribution in [1.82, 2.24) is 15.3 Å². The number of benzene rings is 1. The summed E-state index contributed by atoms with van der Waals surface area (Å²) in [5.41, 5.74) is 2.05. The molecule has 1 aromatic carbocycles. The van der Waals surface area contributed by atoms with Gasteiger partial charge in [0.05, 0.1) is 5.69 Å². The van der Waals surface area contributed by atoms with Crippen molar-refractivity contribution in [2.45, 2.75) is 38.6 Å². The van der Waals surface area contributed by atoms with Gasteiger partial charge in [-0.05, 0) is 50.3 Å². The van der Waals surface area contributed by atoms with E-state index in [-0.39, 0.29) is 11.7 Å². The second kappa shape index (κ2) is 6.16. The molecule has 120 valence electrons. The topological polar surface area (TPSA) is 74.8 Å². The minimum atomic E-state index is -0.445. The van der Waals surface area contributed by atoms with Crippen LogP contribution in [0.3, 0.4) is 0 Å². The lowest BCUT2D eigenvalue weighted by molar-refractivity contribution is 0.0902. The van der Waals surface area contributed by atoms with Gasteiger partial charge in [0.25, 0.3) is 11.5 Å². The van der Waals surface area contributed by atoms with Crippen molar-refractivity contribution in [3.63, 3.8) is 0 Å². The number of carbonyl (C=O) groups is 1. The monoisotopic (exact) mass is 331 g/mol. The first kappa shape index (κ1) is 15.7. The molecule has 1 aliphatic carbocycles. The van der Waals surface area contributed by atoms with Crippen molar-refractivity contribution < 1.29 is 4.79 Å². The smallest absolute Gasteiger partial charge is 0.279 e. The number of nitrogens with zero attached hydrogens (tertiary/aromatic N) is 1. The van der Waals surface area contributed by atoms with Crippen LogP contribution in [0.15, 0.2) is 29.1 Å². The van der Waals surface area contributed by atoms with Gasteiger partial charge in [0.15, 0.2) is 5.69 Å². The summed E-state index contributed by atoms with van der Waals surface area (Å²) >= 11 is 5.89. The number of carbonyl (C=O) groups excluding carboxylic acids is 1. The van der Waals surface area contributed by atoms with Crippen LogP contribution < -0.4 is 10.9 Å². The van der Waals surface area contributed by atoms with E-state index < -0.39 is 11.5 Å². The number of halogens is 1.